The molecule has 154 valence electrons. The lowest BCUT2D eigenvalue weighted by Crippen LogP contribution is -2.40. The van der Waals surface area contributed by atoms with Crippen molar-refractivity contribution in [2.75, 3.05) is 36.4 Å². The van der Waals surface area contributed by atoms with Crippen molar-refractivity contribution in [2.24, 2.45) is 0 Å². The monoisotopic (exact) mass is 417 g/mol. The molecule has 0 spiro atoms. The van der Waals surface area contributed by atoms with Crippen LogP contribution in [0.2, 0.25) is 0 Å². The van der Waals surface area contributed by atoms with Crippen molar-refractivity contribution in [1.29, 1.82) is 0 Å². The Hall–Kier alpha value is -2.63. The summed E-state index contributed by atoms with van der Waals surface area (Å²) in [7, 11) is 0. The topological polar surface area (TPSA) is 35.6 Å². The number of hydrogen-bond donors (Lipinski definition) is 1. The van der Waals surface area contributed by atoms with Crippen LogP contribution in [0.25, 0.3) is 0 Å². The summed E-state index contributed by atoms with van der Waals surface area (Å²) in [5, 5.41) is 5.27. The van der Waals surface area contributed by atoms with Gasteiger partial charge in [-0.15, -0.1) is 11.3 Å². The van der Waals surface area contributed by atoms with E-state index >= 15 is 0 Å². The molecule has 30 heavy (non-hydrogen) atoms. The number of fused-ring (bicyclic) bond motifs is 1. The van der Waals surface area contributed by atoms with Gasteiger partial charge in [0.05, 0.1) is 12.6 Å². The zero-order valence-electron chi connectivity index (χ0n) is 17.1. The summed E-state index contributed by atoms with van der Waals surface area (Å²) in [4.78, 5) is 19.0. The molecule has 1 atom stereocenters. The van der Waals surface area contributed by atoms with Gasteiger partial charge < -0.3 is 10.2 Å². The van der Waals surface area contributed by atoms with Crippen molar-refractivity contribution in [3.05, 3.63) is 82.0 Å². The molecule has 1 saturated heterocycles. The first-order valence-electron chi connectivity index (χ1n) is 10.8. The van der Waals surface area contributed by atoms with E-state index in [1.165, 1.54) is 34.5 Å². The fourth-order valence-corrected chi connectivity index (χ4v) is 5.58. The minimum Gasteiger partial charge on any atom is -0.372 e. The van der Waals surface area contributed by atoms with Gasteiger partial charge in [-0.25, -0.2) is 0 Å². The Morgan fingerprint density at radius 2 is 1.73 bits per heavy atom. The fourth-order valence-electron chi connectivity index (χ4n) is 4.68. The standard InChI is InChI=1S/C25H27N3OS/c29-24(26-20-8-10-21(11-9-20)27-14-4-5-15-27)18-28-16-12-23-22(13-17-30-23)25(28)19-6-2-1-3-7-19/h1-3,6-11,13,17,25H,4-5,12,14-16,18H2,(H,26,29)/t25-/m1/s1. The quantitative estimate of drug-likeness (QED) is 0.639. The summed E-state index contributed by atoms with van der Waals surface area (Å²) in [6.07, 6.45) is 3.54. The highest BCUT2D eigenvalue weighted by Crippen LogP contribution is 2.37. The number of anilines is 2. The van der Waals surface area contributed by atoms with Crippen molar-refractivity contribution in [3.8, 4) is 0 Å². The van der Waals surface area contributed by atoms with Crippen molar-refractivity contribution in [1.82, 2.24) is 4.90 Å². The minimum atomic E-state index is 0.0449. The number of nitrogens with zero attached hydrogens (tertiary/aromatic N) is 2. The maximum absolute atomic E-state index is 12.9. The van der Waals surface area contributed by atoms with Crippen LogP contribution in [0.15, 0.2) is 66.0 Å². The van der Waals surface area contributed by atoms with Crippen molar-refractivity contribution in [3.63, 3.8) is 0 Å². The van der Waals surface area contributed by atoms with Crippen LogP contribution >= 0.6 is 11.3 Å². The first-order valence-corrected chi connectivity index (χ1v) is 11.7. The summed E-state index contributed by atoms with van der Waals surface area (Å²) in [6.45, 7) is 3.55. The molecule has 1 amide bonds. The largest absolute Gasteiger partial charge is 0.372 e. The Bertz CT molecular complexity index is 993. The van der Waals surface area contributed by atoms with Gasteiger partial charge in [0.1, 0.15) is 0 Å². The number of benzene rings is 2. The normalized spacial score (nSPS) is 18.9. The van der Waals surface area contributed by atoms with E-state index in [0.29, 0.717) is 6.54 Å². The SMILES string of the molecule is O=C(CN1CCc2sccc2[C@H]1c1ccccc1)Nc1ccc(N2CCCC2)cc1. The molecule has 2 aromatic carbocycles. The van der Waals surface area contributed by atoms with Crippen LogP contribution in [-0.4, -0.2) is 37.0 Å². The summed E-state index contributed by atoms with van der Waals surface area (Å²) < 4.78 is 0. The number of hydrogen-bond acceptors (Lipinski definition) is 4. The lowest BCUT2D eigenvalue weighted by Gasteiger charge is -2.35. The Labute approximate surface area is 182 Å². The maximum atomic E-state index is 12.9. The zero-order chi connectivity index (χ0) is 20.3. The van der Waals surface area contributed by atoms with E-state index in [4.69, 9.17) is 0 Å². The number of amides is 1. The molecule has 0 saturated carbocycles. The molecule has 0 bridgehead atoms. The van der Waals surface area contributed by atoms with Gasteiger partial charge in [0.15, 0.2) is 0 Å². The molecule has 4 nitrogen and oxygen atoms in total. The van der Waals surface area contributed by atoms with E-state index in [1.807, 2.05) is 29.5 Å². The summed E-state index contributed by atoms with van der Waals surface area (Å²) in [5.41, 5.74) is 4.71. The third-order valence-electron chi connectivity index (χ3n) is 6.15. The van der Waals surface area contributed by atoms with Gasteiger partial charge in [0, 0.05) is 35.9 Å². The van der Waals surface area contributed by atoms with Gasteiger partial charge in [0.25, 0.3) is 0 Å². The van der Waals surface area contributed by atoms with Crippen LogP contribution in [0.3, 0.4) is 0 Å². The molecule has 1 fully saturated rings. The highest BCUT2D eigenvalue weighted by molar-refractivity contribution is 7.10. The predicted molar refractivity (Wildman–Crippen MR) is 124 cm³/mol. The van der Waals surface area contributed by atoms with Gasteiger partial charge in [0.2, 0.25) is 5.91 Å². The fraction of sp³-hybridized carbons (Fsp3) is 0.320. The lowest BCUT2D eigenvalue weighted by molar-refractivity contribution is -0.117. The Morgan fingerprint density at radius 1 is 0.967 bits per heavy atom. The van der Waals surface area contributed by atoms with Gasteiger partial charge in [-0.05, 0) is 66.1 Å². The average molecular weight is 418 g/mol. The molecule has 2 aliphatic rings. The number of nitrogens with one attached hydrogen (secondary N) is 1. The van der Waals surface area contributed by atoms with Crippen LogP contribution in [-0.2, 0) is 11.2 Å². The van der Waals surface area contributed by atoms with E-state index < -0.39 is 0 Å². The second kappa shape index (κ2) is 8.62. The second-order valence-electron chi connectivity index (χ2n) is 8.12. The Balaban J connectivity index is 1.29. The van der Waals surface area contributed by atoms with Gasteiger partial charge in [-0.2, -0.15) is 0 Å². The third-order valence-corrected chi connectivity index (χ3v) is 7.15. The van der Waals surface area contributed by atoms with Gasteiger partial charge in [-0.1, -0.05) is 30.3 Å². The van der Waals surface area contributed by atoms with E-state index in [2.05, 4.69) is 63.0 Å². The number of carbonyl (C=O) groups is 1. The smallest absolute Gasteiger partial charge is 0.238 e. The summed E-state index contributed by atoms with van der Waals surface area (Å²) in [6, 6.07) is 21.2. The van der Waals surface area contributed by atoms with E-state index in [1.54, 1.807) is 0 Å². The Morgan fingerprint density at radius 3 is 2.50 bits per heavy atom. The highest BCUT2D eigenvalue weighted by atomic mass is 32.1. The molecule has 3 heterocycles. The number of rotatable bonds is 5. The van der Waals surface area contributed by atoms with Crippen LogP contribution in [0.1, 0.15) is 34.9 Å². The minimum absolute atomic E-state index is 0.0449. The summed E-state index contributed by atoms with van der Waals surface area (Å²) >= 11 is 1.83. The molecule has 5 rings (SSSR count). The first kappa shape index (κ1) is 19.3. The molecule has 1 aromatic heterocycles. The molecular weight excluding hydrogens is 390 g/mol. The van der Waals surface area contributed by atoms with Crippen molar-refractivity contribution in [2.45, 2.75) is 25.3 Å². The summed E-state index contributed by atoms with van der Waals surface area (Å²) in [5.74, 6) is 0.0449. The molecule has 0 aliphatic carbocycles. The molecule has 0 radical (unpaired) electrons. The number of carbonyl (C=O) groups excluding carboxylic acids is 1. The molecule has 1 N–H and O–H groups in total. The van der Waals surface area contributed by atoms with Crippen LogP contribution in [0.4, 0.5) is 11.4 Å². The van der Waals surface area contributed by atoms with Crippen LogP contribution in [0.5, 0.6) is 0 Å². The second-order valence-corrected chi connectivity index (χ2v) is 9.12. The lowest BCUT2D eigenvalue weighted by atomic mass is 9.93. The first-order chi connectivity index (χ1) is 14.8. The highest BCUT2D eigenvalue weighted by Gasteiger charge is 2.30. The third kappa shape index (κ3) is 4.00. The molecule has 5 heteroatoms. The molecule has 3 aromatic rings. The molecule has 0 unspecified atom stereocenters. The van der Waals surface area contributed by atoms with Crippen molar-refractivity contribution >= 4 is 28.6 Å². The van der Waals surface area contributed by atoms with Crippen LogP contribution in [0, 0.1) is 0 Å². The average Bonchev–Trinajstić information content (AvgIpc) is 3.47. The van der Waals surface area contributed by atoms with E-state index in [9.17, 15) is 4.79 Å². The van der Waals surface area contributed by atoms with Gasteiger partial charge >= 0.3 is 0 Å². The Kier molecular flexibility index (Phi) is 5.56. The van der Waals surface area contributed by atoms with Crippen LogP contribution < -0.4 is 10.2 Å². The zero-order valence-corrected chi connectivity index (χ0v) is 17.9. The maximum Gasteiger partial charge on any atom is 0.238 e. The predicted octanol–water partition coefficient (Wildman–Crippen LogP) is 4.93. The van der Waals surface area contributed by atoms with E-state index in [0.717, 1.165) is 31.7 Å². The molecule has 2 aliphatic heterocycles. The number of thiophene rings is 1. The van der Waals surface area contributed by atoms with E-state index in [-0.39, 0.29) is 11.9 Å². The van der Waals surface area contributed by atoms with Crippen molar-refractivity contribution < 1.29 is 4.79 Å². The molecular formula is C25H27N3OS. The van der Waals surface area contributed by atoms with Gasteiger partial charge in [-0.3, -0.25) is 9.69 Å².